The summed E-state index contributed by atoms with van der Waals surface area (Å²) in [5.74, 6) is -0.0374. The summed E-state index contributed by atoms with van der Waals surface area (Å²) in [5, 5.41) is 9.67. The molecule has 0 saturated carbocycles. The zero-order valence-electron chi connectivity index (χ0n) is 11.7. The minimum Gasteiger partial charge on any atom is -0.397 e. The number of nitrogens with two attached hydrogens (primary N) is 1. The standard InChI is InChI=1S/C15H21N3O2/c1-18(8-3-2-4-9-19)15(20)13-10-11-6-5-7-12(16)14(11)17-13/h5-7,10,17,19H,2-4,8-9,16H2,1H3. The first kappa shape index (κ1) is 14.4. The number of aromatic nitrogens is 1. The summed E-state index contributed by atoms with van der Waals surface area (Å²) in [6, 6.07) is 7.45. The van der Waals surface area contributed by atoms with Crippen molar-refractivity contribution in [3.8, 4) is 0 Å². The fraction of sp³-hybridized carbons (Fsp3) is 0.400. The van der Waals surface area contributed by atoms with Gasteiger partial charge in [0.15, 0.2) is 0 Å². The number of nitrogens with zero attached hydrogens (tertiary/aromatic N) is 1. The Morgan fingerprint density at radius 2 is 2.15 bits per heavy atom. The normalized spacial score (nSPS) is 10.9. The first-order valence-electron chi connectivity index (χ1n) is 6.87. The van der Waals surface area contributed by atoms with Crippen LogP contribution in [0, 0.1) is 0 Å². The Bertz CT molecular complexity index is 592. The molecular formula is C15H21N3O2. The zero-order valence-corrected chi connectivity index (χ0v) is 11.7. The average molecular weight is 275 g/mol. The molecule has 0 bridgehead atoms. The molecule has 108 valence electrons. The number of fused-ring (bicyclic) bond motifs is 1. The number of benzene rings is 1. The first-order valence-corrected chi connectivity index (χ1v) is 6.87. The van der Waals surface area contributed by atoms with Crippen molar-refractivity contribution >= 4 is 22.5 Å². The zero-order chi connectivity index (χ0) is 14.5. The van der Waals surface area contributed by atoms with Crippen LogP contribution in [0.15, 0.2) is 24.3 Å². The molecule has 4 N–H and O–H groups in total. The maximum absolute atomic E-state index is 12.3. The van der Waals surface area contributed by atoms with Crippen LogP contribution in [0.25, 0.3) is 10.9 Å². The van der Waals surface area contributed by atoms with Crippen molar-refractivity contribution in [3.05, 3.63) is 30.0 Å². The Balaban J connectivity index is 2.05. The lowest BCUT2D eigenvalue weighted by Crippen LogP contribution is -2.28. The molecule has 0 unspecified atom stereocenters. The van der Waals surface area contributed by atoms with E-state index in [1.807, 2.05) is 24.3 Å². The van der Waals surface area contributed by atoms with E-state index in [1.165, 1.54) is 0 Å². The number of carbonyl (C=O) groups excluding carboxylic acids is 1. The van der Waals surface area contributed by atoms with E-state index in [9.17, 15) is 4.79 Å². The molecule has 0 aliphatic carbocycles. The maximum atomic E-state index is 12.3. The number of anilines is 1. The Morgan fingerprint density at radius 3 is 2.85 bits per heavy atom. The number of unbranched alkanes of at least 4 members (excludes halogenated alkanes) is 2. The minimum atomic E-state index is -0.0374. The van der Waals surface area contributed by atoms with E-state index in [0.29, 0.717) is 17.9 Å². The molecule has 1 aromatic carbocycles. The van der Waals surface area contributed by atoms with Gasteiger partial charge in [-0.1, -0.05) is 12.1 Å². The van der Waals surface area contributed by atoms with E-state index in [-0.39, 0.29) is 12.5 Å². The Hall–Kier alpha value is -2.01. The molecule has 0 fully saturated rings. The predicted octanol–water partition coefficient (Wildman–Crippen LogP) is 1.98. The predicted molar refractivity (Wildman–Crippen MR) is 80.6 cm³/mol. The number of aromatic amines is 1. The maximum Gasteiger partial charge on any atom is 0.270 e. The lowest BCUT2D eigenvalue weighted by atomic mass is 10.2. The van der Waals surface area contributed by atoms with Gasteiger partial charge in [0.25, 0.3) is 5.91 Å². The van der Waals surface area contributed by atoms with Gasteiger partial charge in [-0.3, -0.25) is 4.79 Å². The molecule has 1 aromatic heterocycles. The molecule has 0 aliphatic rings. The lowest BCUT2D eigenvalue weighted by molar-refractivity contribution is 0.0787. The number of rotatable bonds is 6. The molecule has 20 heavy (non-hydrogen) atoms. The summed E-state index contributed by atoms with van der Waals surface area (Å²) in [4.78, 5) is 17.1. The SMILES string of the molecule is CN(CCCCCO)C(=O)c1cc2cccc(N)c2[nH]1. The fourth-order valence-corrected chi connectivity index (χ4v) is 2.24. The number of nitrogens with one attached hydrogen (secondary N) is 1. The second-order valence-electron chi connectivity index (χ2n) is 5.01. The van der Waals surface area contributed by atoms with Crippen LogP contribution in [0.2, 0.25) is 0 Å². The van der Waals surface area contributed by atoms with Gasteiger partial charge < -0.3 is 20.7 Å². The smallest absolute Gasteiger partial charge is 0.270 e. The van der Waals surface area contributed by atoms with Gasteiger partial charge >= 0.3 is 0 Å². The number of H-pyrrole nitrogens is 1. The number of carbonyl (C=O) groups is 1. The van der Waals surface area contributed by atoms with Gasteiger partial charge in [0, 0.05) is 25.6 Å². The molecule has 0 aliphatic heterocycles. The summed E-state index contributed by atoms with van der Waals surface area (Å²) >= 11 is 0. The number of para-hydroxylation sites is 1. The van der Waals surface area contributed by atoms with E-state index >= 15 is 0 Å². The highest BCUT2D eigenvalue weighted by Crippen LogP contribution is 2.21. The largest absolute Gasteiger partial charge is 0.397 e. The number of amides is 1. The Kier molecular flexibility index (Phi) is 4.63. The number of aliphatic hydroxyl groups excluding tert-OH is 1. The van der Waals surface area contributed by atoms with Crippen LogP contribution in [-0.2, 0) is 0 Å². The van der Waals surface area contributed by atoms with E-state index in [0.717, 1.165) is 30.2 Å². The topological polar surface area (TPSA) is 82.3 Å². The minimum absolute atomic E-state index is 0.0374. The van der Waals surface area contributed by atoms with Gasteiger partial charge in [0.05, 0.1) is 11.2 Å². The van der Waals surface area contributed by atoms with Crippen LogP contribution >= 0.6 is 0 Å². The van der Waals surface area contributed by atoms with E-state index < -0.39 is 0 Å². The first-order chi connectivity index (χ1) is 9.63. The van der Waals surface area contributed by atoms with Gasteiger partial charge in [-0.05, 0) is 31.4 Å². The number of aliphatic hydroxyl groups is 1. The van der Waals surface area contributed by atoms with Gasteiger partial charge in [0.2, 0.25) is 0 Å². The molecule has 0 radical (unpaired) electrons. The van der Waals surface area contributed by atoms with Gasteiger partial charge in [-0.15, -0.1) is 0 Å². The summed E-state index contributed by atoms with van der Waals surface area (Å²) < 4.78 is 0. The Morgan fingerprint density at radius 1 is 1.35 bits per heavy atom. The van der Waals surface area contributed by atoms with Gasteiger partial charge in [-0.2, -0.15) is 0 Å². The highest BCUT2D eigenvalue weighted by atomic mass is 16.2. The van der Waals surface area contributed by atoms with Crippen molar-refractivity contribution < 1.29 is 9.90 Å². The third kappa shape index (κ3) is 3.11. The summed E-state index contributed by atoms with van der Waals surface area (Å²) in [6.07, 6.45) is 2.60. The van der Waals surface area contributed by atoms with Crippen molar-refractivity contribution in [2.75, 3.05) is 25.9 Å². The van der Waals surface area contributed by atoms with Crippen LogP contribution in [0.4, 0.5) is 5.69 Å². The fourth-order valence-electron chi connectivity index (χ4n) is 2.24. The molecule has 5 heteroatoms. The Labute approximate surface area is 118 Å². The molecule has 2 aromatic rings. The van der Waals surface area contributed by atoms with Gasteiger partial charge in [0.1, 0.15) is 5.69 Å². The van der Waals surface area contributed by atoms with Crippen molar-refractivity contribution in [2.24, 2.45) is 0 Å². The van der Waals surface area contributed by atoms with Crippen LogP contribution in [0.5, 0.6) is 0 Å². The molecule has 0 spiro atoms. The number of nitrogen functional groups attached to an aromatic ring is 1. The van der Waals surface area contributed by atoms with Crippen LogP contribution in [0.3, 0.4) is 0 Å². The summed E-state index contributed by atoms with van der Waals surface area (Å²) in [7, 11) is 1.79. The highest BCUT2D eigenvalue weighted by molar-refractivity contribution is 6.00. The number of hydrogen-bond acceptors (Lipinski definition) is 3. The molecule has 2 rings (SSSR count). The van der Waals surface area contributed by atoms with Crippen LogP contribution in [-0.4, -0.2) is 41.1 Å². The van der Waals surface area contributed by atoms with Gasteiger partial charge in [-0.25, -0.2) is 0 Å². The molecule has 1 heterocycles. The average Bonchev–Trinajstić information content (AvgIpc) is 2.88. The molecule has 0 atom stereocenters. The van der Waals surface area contributed by atoms with Crippen LogP contribution in [0.1, 0.15) is 29.8 Å². The van der Waals surface area contributed by atoms with E-state index in [1.54, 1.807) is 11.9 Å². The second-order valence-corrected chi connectivity index (χ2v) is 5.01. The molecule has 1 amide bonds. The summed E-state index contributed by atoms with van der Waals surface area (Å²) in [6.45, 7) is 0.892. The number of hydrogen-bond donors (Lipinski definition) is 3. The van der Waals surface area contributed by atoms with Crippen molar-refractivity contribution in [1.82, 2.24) is 9.88 Å². The second kappa shape index (κ2) is 6.43. The third-order valence-electron chi connectivity index (χ3n) is 3.42. The quantitative estimate of drug-likeness (QED) is 0.557. The lowest BCUT2D eigenvalue weighted by Gasteiger charge is -2.15. The monoisotopic (exact) mass is 275 g/mol. The summed E-state index contributed by atoms with van der Waals surface area (Å²) in [5.41, 5.74) is 7.89. The van der Waals surface area contributed by atoms with Crippen LogP contribution < -0.4 is 5.73 Å². The highest BCUT2D eigenvalue weighted by Gasteiger charge is 2.14. The molecular weight excluding hydrogens is 254 g/mol. The van der Waals surface area contributed by atoms with Crippen molar-refractivity contribution in [3.63, 3.8) is 0 Å². The van der Waals surface area contributed by atoms with E-state index in [4.69, 9.17) is 10.8 Å². The molecule has 0 saturated heterocycles. The van der Waals surface area contributed by atoms with E-state index in [2.05, 4.69) is 4.98 Å². The molecule has 5 nitrogen and oxygen atoms in total. The van der Waals surface area contributed by atoms with Crippen molar-refractivity contribution in [1.29, 1.82) is 0 Å². The third-order valence-corrected chi connectivity index (χ3v) is 3.42. The van der Waals surface area contributed by atoms with Crippen molar-refractivity contribution in [2.45, 2.75) is 19.3 Å².